The maximum Gasteiger partial charge on any atom is 0.251 e. The van der Waals surface area contributed by atoms with E-state index in [-0.39, 0.29) is 17.9 Å². The van der Waals surface area contributed by atoms with Gasteiger partial charge in [-0.2, -0.15) is 0 Å². The Hall–Kier alpha value is -3.22. The fourth-order valence-corrected chi connectivity index (χ4v) is 2.67. The smallest absolute Gasteiger partial charge is 0.251 e. The molecule has 7 nitrogen and oxygen atoms in total. The fraction of sp³-hybridized carbons (Fsp3) is 0.391. The summed E-state index contributed by atoms with van der Waals surface area (Å²) in [6, 6.07) is 13.0. The van der Waals surface area contributed by atoms with Gasteiger partial charge < -0.3 is 25.8 Å². The molecule has 2 aromatic carbocycles. The van der Waals surface area contributed by atoms with Crippen LogP contribution >= 0.6 is 0 Å². The van der Waals surface area contributed by atoms with Gasteiger partial charge in [-0.25, -0.2) is 4.99 Å². The highest BCUT2D eigenvalue weighted by atomic mass is 16.5. The van der Waals surface area contributed by atoms with Crippen molar-refractivity contribution in [2.45, 2.75) is 46.7 Å². The van der Waals surface area contributed by atoms with Crippen LogP contribution in [0.25, 0.3) is 0 Å². The number of nitrogens with zero attached hydrogens (tertiary/aromatic N) is 1. The van der Waals surface area contributed by atoms with Crippen molar-refractivity contribution < 1.29 is 14.3 Å². The second-order valence-electron chi connectivity index (χ2n) is 6.83. The molecule has 0 heterocycles. The van der Waals surface area contributed by atoms with Crippen LogP contribution in [-0.4, -0.2) is 31.1 Å². The molecule has 0 bridgehead atoms. The van der Waals surface area contributed by atoms with Crippen LogP contribution in [0.1, 0.15) is 50.0 Å². The highest BCUT2D eigenvalue weighted by Crippen LogP contribution is 2.29. The molecule has 0 aromatic heterocycles. The van der Waals surface area contributed by atoms with Crippen LogP contribution in [0.5, 0.6) is 11.5 Å². The van der Waals surface area contributed by atoms with Gasteiger partial charge in [0.25, 0.3) is 5.91 Å². The first-order valence-corrected chi connectivity index (χ1v) is 10.3. The molecule has 162 valence electrons. The van der Waals surface area contributed by atoms with Gasteiger partial charge in [-0.05, 0) is 57.0 Å². The third-order valence-corrected chi connectivity index (χ3v) is 4.46. The van der Waals surface area contributed by atoms with E-state index < -0.39 is 0 Å². The largest absolute Gasteiger partial charge is 0.494 e. The summed E-state index contributed by atoms with van der Waals surface area (Å²) in [5.74, 6) is 1.60. The van der Waals surface area contributed by atoms with E-state index in [1.54, 1.807) is 12.1 Å². The Morgan fingerprint density at radius 1 is 1.07 bits per heavy atom. The third kappa shape index (κ3) is 6.99. The summed E-state index contributed by atoms with van der Waals surface area (Å²) in [6.45, 7) is 9.37. The number of nitrogens with one attached hydrogen (secondary N) is 2. The molecule has 4 N–H and O–H groups in total. The molecule has 1 amide bonds. The second-order valence-corrected chi connectivity index (χ2v) is 6.83. The van der Waals surface area contributed by atoms with Gasteiger partial charge in [0.15, 0.2) is 5.96 Å². The number of hydrogen-bond acceptors (Lipinski definition) is 4. The molecule has 0 fully saturated rings. The molecule has 2 aromatic rings. The third-order valence-electron chi connectivity index (χ3n) is 4.46. The van der Waals surface area contributed by atoms with Gasteiger partial charge in [0.05, 0.1) is 25.4 Å². The average molecular weight is 413 g/mol. The number of nitrogens with two attached hydrogens (primary N) is 1. The van der Waals surface area contributed by atoms with Crippen molar-refractivity contribution in [3.05, 3.63) is 53.6 Å². The van der Waals surface area contributed by atoms with Crippen molar-refractivity contribution in [3.63, 3.8) is 0 Å². The summed E-state index contributed by atoms with van der Waals surface area (Å²) < 4.78 is 11.2. The van der Waals surface area contributed by atoms with E-state index in [9.17, 15) is 4.79 Å². The molecule has 0 aliphatic carbocycles. The van der Waals surface area contributed by atoms with Crippen LogP contribution in [-0.2, 0) is 6.54 Å². The van der Waals surface area contributed by atoms with E-state index in [0.29, 0.717) is 36.8 Å². The summed E-state index contributed by atoms with van der Waals surface area (Å²) in [6.07, 6.45) is 0.892. The first kappa shape index (κ1) is 23.1. The standard InChI is InChI=1S/C23H32N4O3/c1-5-16(4)26-22(28)18-10-8-17(9-11-18)15-25-23(24)27-20-14-19(29-6-2)12-13-21(20)30-7-3/h8-14,16H,5-7,15H2,1-4H3,(H,26,28)(H3,24,25,27). The van der Waals surface area contributed by atoms with Crippen LogP contribution in [0.2, 0.25) is 0 Å². The lowest BCUT2D eigenvalue weighted by molar-refractivity contribution is 0.0939. The number of aliphatic imine (C=N–C) groups is 1. The maximum atomic E-state index is 12.2. The number of rotatable bonds is 10. The molecule has 0 aliphatic heterocycles. The lowest BCUT2D eigenvalue weighted by Crippen LogP contribution is -2.31. The van der Waals surface area contributed by atoms with E-state index in [4.69, 9.17) is 15.2 Å². The van der Waals surface area contributed by atoms with Crippen LogP contribution < -0.4 is 25.8 Å². The fourth-order valence-electron chi connectivity index (χ4n) is 2.67. The number of anilines is 1. The zero-order valence-corrected chi connectivity index (χ0v) is 18.2. The molecule has 30 heavy (non-hydrogen) atoms. The Labute approximate surface area is 178 Å². The van der Waals surface area contributed by atoms with E-state index in [0.717, 1.165) is 17.7 Å². The summed E-state index contributed by atoms with van der Waals surface area (Å²) in [7, 11) is 0. The van der Waals surface area contributed by atoms with Crippen LogP contribution in [0, 0.1) is 0 Å². The van der Waals surface area contributed by atoms with E-state index in [1.807, 2.05) is 58.0 Å². The molecule has 0 saturated carbocycles. The molecule has 7 heteroatoms. The van der Waals surface area contributed by atoms with Gasteiger partial charge >= 0.3 is 0 Å². The van der Waals surface area contributed by atoms with Crippen molar-refractivity contribution in [3.8, 4) is 11.5 Å². The Balaban J connectivity index is 2.03. The van der Waals surface area contributed by atoms with Gasteiger partial charge in [0, 0.05) is 17.7 Å². The first-order valence-electron chi connectivity index (χ1n) is 10.3. The van der Waals surface area contributed by atoms with Gasteiger partial charge in [-0.3, -0.25) is 4.79 Å². The lowest BCUT2D eigenvalue weighted by Gasteiger charge is -2.14. The normalized spacial score (nSPS) is 12.2. The molecule has 2 rings (SSSR count). The maximum absolute atomic E-state index is 12.2. The predicted octanol–water partition coefficient (Wildman–Crippen LogP) is 3.94. The van der Waals surface area contributed by atoms with Crippen LogP contribution in [0.4, 0.5) is 5.69 Å². The van der Waals surface area contributed by atoms with Gasteiger partial charge in [-0.1, -0.05) is 19.1 Å². The number of ether oxygens (including phenoxy) is 2. The van der Waals surface area contributed by atoms with Crippen LogP contribution in [0.3, 0.4) is 0 Å². The number of guanidine groups is 1. The molecule has 0 radical (unpaired) electrons. The zero-order chi connectivity index (χ0) is 21.9. The van der Waals surface area contributed by atoms with Crippen molar-refractivity contribution in [1.29, 1.82) is 0 Å². The number of benzene rings is 2. The number of carbonyl (C=O) groups excluding carboxylic acids is 1. The minimum absolute atomic E-state index is 0.0711. The Morgan fingerprint density at radius 2 is 1.77 bits per heavy atom. The highest BCUT2D eigenvalue weighted by Gasteiger charge is 2.09. The number of carbonyl (C=O) groups is 1. The summed E-state index contributed by atoms with van der Waals surface area (Å²) in [5, 5.41) is 6.03. The van der Waals surface area contributed by atoms with E-state index in [2.05, 4.69) is 15.6 Å². The highest BCUT2D eigenvalue weighted by molar-refractivity contribution is 5.95. The molecule has 0 spiro atoms. The van der Waals surface area contributed by atoms with Crippen molar-refractivity contribution in [2.24, 2.45) is 10.7 Å². The number of hydrogen-bond donors (Lipinski definition) is 3. The number of amides is 1. The molecule has 0 saturated heterocycles. The van der Waals surface area contributed by atoms with E-state index in [1.165, 1.54) is 0 Å². The minimum atomic E-state index is -0.0711. The van der Waals surface area contributed by atoms with Crippen molar-refractivity contribution in [1.82, 2.24) is 5.32 Å². The van der Waals surface area contributed by atoms with Crippen molar-refractivity contribution >= 4 is 17.6 Å². The SMILES string of the molecule is CCOc1ccc(OCC)c(NC(N)=NCc2ccc(C(=O)NC(C)CC)cc2)c1. The Bertz CT molecular complexity index is 850. The van der Waals surface area contributed by atoms with Gasteiger partial charge in [0.1, 0.15) is 11.5 Å². The van der Waals surface area contributed by atoms with Crippen LogP contribution in [0.15, 0.2) is 47.5 Å². The summed E-state index contributed by atoms with van der Waals surface area (Å²) >= 11 is 0. The van der Waals surface area contributed by atoms with E-state index >= 15 is 0 Å². The lowest BCUT2D eigenvalue weighted by atomic mass is 10.1. The van der Waals surface area contributed by atoms with Gasteiger partial charge in [-0.15, -0.1) is 0 Å². The average Bonchev–Trinajstić information content (AvgIpc) is 2.74. The molecular weight excluding hydrogens is 380 g/mol. The zero-order valence-electron chi connectivity index (χ0n) is 18.2. The topological polar surface area (TPSA) is 98.0 Å². The molecule has 1 unspecified atom stereocenters. The predicted molar refractivity (Wildman–Crippen MR) is 121 cm³/mol. The molecular formula is C23H32N4O3. The second kappa shape index (κ2) is 11.7. The minimum Gasteiger partial charge on any atom is -0.494 e. The Kier molecular flexibility index (Phi) is 9.00. The first-order chi connectivity index (χ1) is 14.5. The molecule has 1 atom stereocenters. The monoisotopic (exact) mass is 412 g/mol. The summed E-state index contributed by atoms with van der Waals surface area (Å²) in [5.41, 5.74) is 8.34. The molecule has 0 aliphatic rings. The quantitative estimate of drug-likeness (QED) is 0.406. The van der Waals surface area contributed by atoms with Crippen molar-refractivity contribution in [2.75, 3.05) is 18.5 Å². The van der Waals surface area contributed by atoms with Gasteiger partial charge in [0.2, 0.25) is 0 Å². The Morgan fingerprint density at radius 3 is 2.40 bits per heavy atom. The summed E-state index contributed by atoms with van der Waals surface area (Å²) in [4.78, 5) is 16.6.